The van der Waals surface area contributed by atoms with Gasteiger partial charge in [-0.25, -0.2) is 8.42 Å². The third-order valence-electron chi connectivity index (χ3n) is 3.93. The van der Waals surface area contributed by atoms with Crippen LogP contribution in [-0.2, 0) is 21.2 Å². The van der Waals surface area contributed by atoms with Crippen molar-refractivity contribution in [2.24, 2.45) is 0 Å². The second kappa shape index (κ2) is 4.46. The molecular formula is C15H16N2O3S. The van der Waals surface area contributed by atoms with E-state index >= 15 is 0 Å². The minimum atomic E-state index is -3.65. The van der Waals surface area contributed by atoms with Crippen LogP contribution in [0.15, 0.2) is 34.1 Å². The van der Waals surface area contributed by atoms with Crippen molar-refractivity contribution >= 4 is 21.6 Å². The molecule has 0 unspecified atom stereocenters. The highest BCUT2D eigenvalue weighted by atomic mass is 32.2. The van der Waals surface area contributed by atoms with Crippen LogP contribution >= 0.6 is 0 Å². The molecule has 110 valence electrons. The number of anilines is 1. The van der Waals surface area contributed by atoms with Crippen molar-refractivity contribution in [1.82, 2.24) is 4.57 Å². The first-order valence-electron chi connectivity index (χ1n) is 6.63. The number of carbonyl (C=O) groups excluding carboxylic acids is 1. The molecule has 2 aromatic rings. The van der Waals surface area contributed by atoms with E-state index in [1.807, 2.05) is 13.8 Å². The van der Waals surface area contributed by atoms with E-state index in [0.29, 0.717) is 11.4 Å². The zero-order valence-electron chi connectivity index (χ0n) is 12.1. The predicted molar refractivity (Wildman–Crippen MR) is 79.2 cm³/mol. The van der Waals surface area contributed by atoms with Crippen LogP contribution in [0.3, 0.4) is 0 Å². The van der Waals surface area contributed by atoms with Crippen LogP contribution in [0.1, 0.15) is 16.8 Å². The van der Waals surface area contributed by atoms with E-state index in [2.05, 4.69) is 5.32 Å². The van der Waals surface area contributed by atoms with Crippen molar-refractivity contribution in [2.75, 3.05) is 5.32 Å². The third kappa shape index (κ3) is 1.98. The van der Waals surface area contributed by atoms with Gasteiger partial charge in [0.2, 0.25) is 15.7 Å². The molecule has 1 aromatic carbocycles. The second-order valence-corrected chi connectivity index (χ2v) is 7.23. The monoisotopic (exact) mass is 304 g/mol. The summed E-state index contributed by atoms with van der Waals surface area (Å²) in [6.07, 6.45) is 0. The maximum atomic E-state index is 12.9. The average Bonchev–Trinajstić information content (AvgIpc) is 2.88. The quantitative estimate of drug-likeness (QED) is 0.925. The predicted octanol–water partition coefficient (Wildman–Crippen LogP) is 2.20. The fourth-order valence-corrected chi connectivity index (χ4v) is 4.33. The lowest BCUT2D eigenvalue weighted by Crippen LogP contribution is -2.10. The summed E-state index contributed by atoms with van der Waals surface area (Å²) in [4.78, 5) is 12.0. The molecule has 3 rings (SSSR count). The van der Waals surface area contributed by atoms with Gasteiger partial charge in [-0.05, 0) is 38.5 Å². The Kier molecular flexibility index (Phi) is 2.95. The van der Waals surface area contributed by atoms with Gasteiger partial charge in [0.1, 0.15) is 17.3 Å². The van der Waals surface area contributed by atoms with E-state index < -0.39 is 9.84 Å². The van der Waals surface area contributed by atoms with Crippen molar-refractivity contribution < 1.29 is 13.2 Å². The Bertz CT molecular complexity index is 846. The molecule has 0 saturated carbocycles. The molecule has 1 aromatic heterocycles. The molecule has 0 spiro atoms. The van der Waals surface area contributed by atoms with Gasteiger partial charge in [0, 0.05) is 5.69 Å². The van der Waals surface area contributed by atoms with Crippen LogP contribution in [0.4, 0.5) is 5.82 Å². The normalized spacial score (nSPS) is 14.1. The number of carbonyl (C=O) groups is 1. The van der Waals surface area contributed by atoms with Crippen molar-refractivity contribution in [1.29, 1.82) is 0 Å². The van der Waals surface area contributed by atoms with Crippen molar-refractivity contribution in [3.8, 4) is 0 Å². The molecule has 1 aliphatic rings. The van der Waals surface area contributed by atoms with E-state index in [0.717, 1.165) is 11.3 Å². The standard InChI is InChI=1S/C15H16N2O3S/c1-9-4-6-12(7-5-9)21(19,20)14-10(2)11(3)17-8-13(18)16-15(14)17/h4-7H,8H2,1-3H3,(H,16,18). The van der Waals surface area contributed by atoms with Crippen molar-refractivity contribution in [2.45, 2.75) is 37.1 Å². The maximum absolute atomic E-state index is 12.9. The van der Waals surface area contributed by atoms with Gasteiger partial charge < -0.3 is 9.88 Å². The fraction of sp³-hybridized carbons (Fsp3) is 0.267. The zero-order chi connectivity index (χ0) is 15.4. The summed E-state index contributed by atoms with van der Waals surface area (Å²) < 4.78 is 27.5. The van der Waals surface area contributed by atoms with E-state index in [4.69, 9.17) is 0 Å². The Hall–Kier alpha value is -2.08. The van der Waals surface area contributed by atoms with E-state index in [9.17, 15) is 13.2 Å². The Morgan fingerprint density at radius 2 is 1.71 bits per heavy atom. The molecule has 0 atom stereocenters. The lowest BCUT2D eigenvalue weighted by Gasteiger charge is -2.07. The highest BCUT2D eigenvalue weighted by Crippen LogP contribution is 2.37. The highest BCUT2D eigenvalue weighted by Gasteiger charge is 2.33. The number of aryl methyl sites for hydroxylation is 1. The molecule has 21 heavy (non-hydrogen) atoms. The largest absolute Gasteiger partial charge is 0.321 e. The first-order chi connectivity index (χ1) is 9.82. The van der Waals surface area contributed by atoms with E-state index in [1.54, 1.807) is 35.8 Å². The summed E-state index contributed by atoms with van der Waals surface area (Å²) in [6.45, 7) is 5.68. The summed E-state index contributed by atoms with van der Waals surface area (Å²) in [6, 6.07) is 6.73. The van der Waals surface area contributed by atoms with Crippen molar-refractivity contribution in [3.05, 3.63) is 41.1 Å². The molecule has 0 fully saturated rings. The summed E-state index contributed by atoms with van der Waals surface area (Å²) >= 11 is 0. The SMILES string of the molecule is Cc1ccc(S(=O)(=O)c2c(C)c(C)n3c2NC(=O)C3)cc1. The molecular weight excluding hydrogens is 288 g/mol. The third-order valence-corrected chi connectivity index (χ3v) is 5.86. The van der Waals surface area contributed by atoms with Gasteiger partial charge in [-0.2, -0.15) is 0 Å². The molecule has 5 nitrogen and oxygen atoms in total. The molecule has 0 aliphatic carbocycles. The first-order valence-corrected chi connectivity index (χ1v) is 8.12. The Morgan fingerprint density at radius 1 is 1.10 bits per heavy atom. The first kappa shape index (κ1) is 13.9. The number of amides is 1. The van der Waals surface area contributed by atoms with Crippen LogP contribution in [-0.4, -0.2) is 18.9 Å². The number of rotatable bonds is 2. The number of hydrogen-bond acceptors (Lipinski definition) is 3. The van der Waals surface area contributed by atoms with Gasteiger partial charge in [-0.1, -0.05) is 17.7 Å². The molecule has 1 amide bonds. The van der Waals surface area contributed by atoms with Gasteiger partial charge in [0.15, 0.2) is 0 Å². The second-order valence-electron chi connectivity index (χ2n) is 5.34. The van der Waals surface area contributed by atoms with Crippen LogP contribution in [0.2, 0.25) is 0 Å². The van der Waals surface area contributed by atoms with E-state index in [-0.39, 0.29) is 22.2 Å². The summed E-state index contributed by atoms with van der Waals surface area (Å²) in [5, 5.41) is 2.66. The molecule has 0 bridgehead atoms. The van der Waals surface area contributed by atoms with Gasteiger partial charge in [0.25, 0.3) is 0 Å². The molecule has 0 saturated heterocycles. The molecule has 1 aliphatic heterocycles. The number of nitrogens with one attached hydrogen (secondary N) is 1. The molecule has 1 N–H and O–H groups in total. The Balaban J connectivity index is 2.24. The molecule has 0 radical (unpaired) electrons. The van der Waals surface area contributed by atoms with Crippen LogP contribution in [0, 0.1) is 20.8 Å². The average molecular weight is 304 g/mol. The maximum Gasteiger partial charge on any atom is 0.245 e. The molecule has 2 heterocycles. The summed E-state index contributed by atoms with van der Waals surface area (Å²) in [5.41, 5.74) is 2.48. The lowest BCUT2D eigenvalue weighted by molar-refractivity contribution is -0.115. The zero-order valence-corrected chi connectivity index (χ0v) is 12.9. The van der Waals surface area contributed by atoms with Crippen LogP contribution in [0.5, 0.6) is 0 Å². The Labute approximate surface area is 123 Å². The topological polar surface area (TPSA) is 68.2 Å². The number of benzene rings is 1. The fourth-order valence-electron chi connectivity index (χ4n) is 2.64. The van der Waals surface area contributed by atoms with E-state index in [1.165, 1.54) is 0 Å². The van der Waals surface area contributed by atoms with Crippen LogP contribution < -0.4 is 5.32 Å². The van der Waals surface area contributed by atoms with Crippen molar-refractivity contribution in [3.63, 3.8) is 0 Å². The highest BCUT2D eigenvalue weighted by molar-refractivity contribution is 7.91. The number of aromatic nitrogens is 1. The molecule has 6 heteroatoms. The number of nitrogens with zero attached hydrogens (tertiary/aromatic N) is 1. The van der Waals surface area contributed by atoms with Gasteiger partial charge >= 0.3 is 0 Å². The van der Waals surface area contributed by atoms with Gasteiger partial charge in [-0.3, -0.25) is 4.79 Å². The lowest BCUT2D eigenvalue weighted by atomic mass is 10.2. The van der Waals surface area contributed by atoms with Gasteiger partial charge in [-0.15, -0.1) is 0 Å². The minimum absolute atomic E-state index is 0.172. The smallest absolute Gasteiger partial charge is 0.245 e. The Morgan fingerprint density at radius 3 is 2.33 bits per heavy atom. The van der Waals surface area contributed by atoms with Crippen LogP contribution in [0.25, 0.3) is 0 Å². The minimum Gasteiger partial charge on any atom is -0.321 e. The number of hydrogen-bond donors (Lipinski definition) is 1. The number of fused-ring (bicyclic) bond motifs is 1. The van der Waals surface area contributed by atoms with Gasteiger partial charge in [0.05, 0.1) is 4.90 Å². The summed E-state index contributed by atoms with van der Waals surface area (Å²) in [5.74, 6) is 0.198. The summed E-state index contributed by atoms with van der Waals surface area (Å²) in [7, 11) is -3.65. The number of sulfone groups is 1.